The zero-order valence-corrected chi connectivity index (χ0v) is 19.1. The minimum absolute atomic E-state index is 0. The van der Waals surface area contributed by atoms with Gasteiger partial charge < -0.3 is 9.72 Å². The van der Waals surface area contributed by atoms with E-state index in [2.05, 4.69) is 86.3 Å². The van der Waals surface area contributed by atoms with Gasteiger partial charge in [-0.15, -0.1) is 12.4 Å². The van der Waals surface area contributed by atoms with E-state index in [1.165, 1.54) is 41.6 Å². The van der Waals surface area contributed by atoms with Crippen molar-refractivity contribution >= 4 is 57.6 Å². The summed E-state index contributed by atoms with van der Waals surface area (Å²) >= 11 is 4.71. The van der Waals surface area contributed by atoms with Gasteiger partial charge in [-0.1, -0.05) is 6.42 Å². The molecule has 1 saturated heterocycles. The average Bonchev–Trinajstić information content (AvgIpc) is 3.04. The number of halogens is 3. The molecule has 1 N–H and O–H groups in total. The van der Waals surface area contributed by atoms with Crippen molar-refractivity contribution in [1.29, 1.82) is 0 Å². The van der Waals surface area contributed by atoms with Crippen molar-refractivity contribution in [1.82, 2.24) is 9.88 Å². The van der Waals surface area contributed by atoms with Gasteiger partial charge in [0, 0.05) is 26.6 Å². The molecule has 3 nitrogen and oxygen atoms in total. The Kier molecular flexibility index (Phi) is 7.70. The first-order chi connectivity index (χ1) is 11.1. The second kappa shape index (κ2) is 9.09. The number of aromatic nitrogens is 1. The lowest BCUT2D eigenvalue weighted by molar-refractivity contribution is 0.172. The molecule has 1 unspecified atom stereocenters. The number of H-pyrrole nitrogens is 1. The molecule has 1 fully saturated rings. The monoisotopic (exact) mass is 572 g/mol. The molecule has 0 aliphatic carbocycles. The minimum Gasteiger partial charge on any atom is -0.495 e. The van der Waals surface area contributed by atoms with E-state index < -0.39 is 0 Å². The van der Waals surface area contributed by atoms with Crippen molar-refractivity contribution in [3.05, 3.63) is 37.1 Å². The van der Waals surface area contributed by atoms with Gasteiger partial charge in [-0.25, -0.2) is 0 Å². The van der Waals surface area contributed by atoms with E-state index in [1.54, 1.807) is 7.11 Å². The van der Waals surface area contributed by atoms with Crippen LogP contribution < -0.4 is 4.74 Å². The third kappa shape index (κ3) is 4.40. The molecule has 1 aromatic heterocycles. The number of likely N-dealkylation sites (tertiary alicyclic amines) is 1. The fourth-order valence-corrected chi connectivity index (χ4v) is 5.35. The molecule has 0 bridgehead atoms. The van der Waals surface area contributed by atoms with E-state index in [4.69, 9.17) is 4.74 Å². The summed E-state index contributed by atoms with van der Waals surface area (Å²) in [6.45, 7) is 4.72. The number of nitrogens with zero attached hydrogens (tertiary/aromatic N) is 1. The third-order valence-corrected chi connectivity index (χ3v) is 6.02. The molecule has 6 heteroatoms. The van der Waals surface area contributed by atoms with Gasteiger partial charge in [0.15, 0.2) is 0 Å². The van der Waals surface area contributed by atoms with Gasteiger partial charge >= 0.3 is 0 Å². The molecule has 0 radical (unpaired) electrons. The van der Waals surface area contributed by atoms with Gasteiger partial charge in [0.05, 0.1) is 10.7 Å². The van der Waals surface area contributed by atoms with Crippen LogP contribution in [0.15, 0.2) is 24.3 Å². The first kappa shape index (κ1) is 20.3. The van der Waals surface area contributed by atoms with Crippen LogP contribution in [0, 0.1) is 7.14 Å². The fraction of sp³-hybridized carbons (Fsp3) is 0.444. The Labute approximate surface area is 177 Å². The SMILES string of the molecule is COc1c(I)cc(I)cc1-c1ccc(C(C)N2CCCCC2)[nH]1.Cl. The van der Waals surface area contributed by atoms with Gasteiger partial charge in [0.2, 0.25) is 0 Å². The standard InChI is InChI=1S/C18H22I2N2O.ClH/c1-12(22-8-4-3-5-9-22)16-6-7-17(21-16)14-10-13(19)11-15(20)18(14)23-2;/h6-7,10-12,21H,3-5,8-9H2,1-2H3;1H. The minimum atomic E-state index is 0. The maximum Gasteiger partial charge on any atom is 0.141 e. The lowest BCUT2D eigenvalue weighted by atomic mass is 10.1. The van der Waals surface area contributed by atoms with E-state index in [0.717, 1.165) is 20.6 Å². The molecule has 1 aliphatic heterocycles. The molecule has 3 rings (SSSR count). The zero-order valence-electron chi connectivity index (χ0n) is 13.9. The van der Waals surface area contributed by atoms with Crippen LogP contribution in [0.2, 0.25) is 0 Å². The molecule has 1 aromatic carbocycles. The first-order valence-corrected chi connectivity index (χ1v) is 10.2. The number of rotatable bonds is 4. The summed E-state index contributed by atoms with van der Waals surface area (Å²) in [7, 11) is 1.74. The van der Waals surface area contributed by atoms with Crippen molar-refractivity contribution in [3.8, 4) is 17.0 Å². The molecular weight excluding hydrogens is 549 g/mol. The summed E-state index contributed by atoms with van der Waals surface area (Å²) < 4.78 is 8.00. The fourth-order valence-electron chi connectivity index (χ4n) is 3.28. The molecule has 2 heterocycles. The summed E-state index contributed by atoms with van der Waals surface area (Å²) in [5.41, 5.74) is 3.57. The first-order valence-electron chi connectivity index (χ1n) is 8.06. The van der Waals surface area contributed by atoms with E-state index >= 15 is 0 Å². The van der Waals surface area contributed by atoms with E-state index in [9.17, 15) is 0 Å². The average molecular weight is 573 g/mol. The van der Waals surface area contributed by atoms with Crippen molar-refractivity contribution in [3.63, 3.8) is 0 Å². The highest BCUT2D eigenvalue weighted by Crippen LogP contribution is 2.36. The number of piperidine rings is 1. The molecule has 1 aliphatic rings. The lowest BCUT2D eigenvalue weighted by Gasteiger charge is -2.31. The van der Waals surface area contributed by atoms with Gasteiger partial charge in [0.25, 0.3) is 0 Å². The van der Waals surface area contributed by atoms with E-state index in [0.29, 0.717) is 6.04 Å². The van der Waals surface area contributed by atoms with Crippen LogP contribution in [0.1, 0.15) is 37.9 Å². The number of aromatic amines is 1. The van der Waals surface area contributed by atoms with Crippen LogP contribution in [0.3, 0.4) is 0 Å². The van der Waals surface area contributed by atoms with Crippen molar-refractivity contribution in [2.75, 3.05) is 20.2 Å². The largest absolute Gasteiger partial charge is 0.495 e. The summed E-state index contributed by atoms with van der Waals surface area (Å²) in [5.74, 6) is 0.949. The van der Waals surface area contributed by atoms with Crippen molar-refractivity contribution < 1.29 is 4.74 Å². The Hall–Kier alpha value is 0.01000. The highest BCUT2D eigenvalue weighted by atomic mass is 127. The Balaban J connectivity index is 0.00000208. The van der Waals surface area contributed by atoms with Crippen LogP contribution in [0.5, 0.6) is 5.75 Å². The number of methoxy groups -OCH3 is 1. The zero-order chi connectivity index (χ0) is 16.4. The summed E-state index contributed by atoms with van der Waals surface area (Å²) in [6, 6.07) is 9.17. The number of nitrogens with one attached hydrogen (secondary N) is 1. The predicted molar refractivity (Wildman–Crippen MR) is 119 cm³/mol. The quantitative estimate of drug-likeness (QED) is 0.465. The summed E-state index contributed by atoms with van der Waals surface area (Å²) in [5, 5.41) is 0. The second-order valence-corrected chi connectivity index (χ2v) is 8.48. The van der Waals surface area contributed by atoms with Crippen LogP contribution in [0.25, 0.3) is 11.3 Å². The molecule has 0 spiro atoms. The molecule has 2 aromatic rings. The molecule has 1 atom stereocenters. The predicted octanol–water partition coefficient (Wildman–Crippen LogP) is 5.87. The number of hydrogen-bond donors (Lipinski definition) is 1. The Morgan fingerprint density at radius 2 is 1.83 bits per heavy atom. The Morgan fingerprint density at radius 3 is 2.50 bits per heavy atom. The van der Waals surface area contributed by atoms with Crippen molar-refractivity contribution in [2.45, 2.75) is 32.2 Å². The second-order valence-electron chi connectivity index (χ2n) is 6.07. The van der Waals surface area contributed by atoms with Gasteiger partial charge in [-0.05, 0) is 102 Å². The molecule has 0 saturated carbocycles. The Bertz CT molecular complexity index is 684. The highest BCUT2D eigenvalue weighted by Gasteiger charge is 2.20. The van der Waals surface area contributed by atoms with Gasteiger partial charge in [-0.3, -0.25) is 4.90 Å². The number of benzene rings is 1. The maximum atomic E-state index is 5.63. The van der Waals surface area contributed by atoms with Crippen LogP contribution in [0.4, 0.5) is 0 Å². The molecule has 0 amide bonds. The number of ether oxygens (including phenoxy) is 1. The van der Waals surface area contributed by atoms with E-state index in [1.807, 2.05) is 0 Å². The third-order valence-electron chi connectivity index (χ3n) is 4.60. The smallest absolute Gasteiger partial charge is 0.141 e. The summed E-state index contributed by atoms with van der Waals surface area (Å²) in [6.07, 6.45) is 4.01. The summed E-state index contributed by atoms with van der Waals surface area (Å²) in [4.78, 5) is 6.21. The Morgan fingerprint density at radius 1 is 1.12 bits per heavy atom. The van der Waals surface area contributed by atoms with Gasteiger partial charge in [-0.2, -0.15) is 0 Å². The van der Waals surface area contributed by atoms with Crippen LogP contribution in [-0.4, -0.2) is 30.1 Å². The van der Waals surface area contributed by atoms with Crippen LogP contribution >= 0.6 is 57.6 Å². The topological polar surface area (TPSA) is 28.3 Å². The van der Waals surface area contributed by atoms with Gasteiger partial charge in [0.1, 0.15) is 5.75 Å². The normalized spacial score (nSPS) is 16.5. The van der Waals surface area contributed by atoms with Crippen LogP contribution in [-0.2, 0) is 0 Å². The van der Waals surface area contributed by atoms with E-state index in [-0.39, 0.29) is 12.4 Å². The molecule has 132 valence electrons. The highest BCUT2D eigenvalue weighted by molar-refractivity contribution is 14.1. The number of hydrogen-bond acceptors (Lipinski definition) is 2. The maximum absolute atomic E-state index is 5.63. The molecule has 24 heavy (non-hydrogen) atoms. The lowest BCUT2D eigenvalue weighted by Crippen LogP contribution is -2.32. The molecular formula is C18H23ClI2N2O. The van der Waals surface area contributed by atoms with Crippen molar-refractivity contribution in [2.24, 2.45) is 0 Å².